The monoisotopic (exact) mass is 330 g/mol. The van der Waals surface area contributed by atoms with Crippen molar-refractivity contribution in [3.05, 3.63) is 47.3 Å². The number of nitrogens with one attached hydrogen (secondary N) is 2. The van der Waals surface area contributed by atoms with Gasteiger partial charge in [-0.05, 0) is 38.1 Å². The van der Waals surface area contributed by atoms with Gasteiger partial charge in [0.15, 0.2) is 0 Å². The molecule has 0 saturated heterocycles. The summed E-state index contributed by atoms with van der Waals surface area (Å²) in [6.45, 7) is 3.62. The molecule has 2 aromatic heterocycles. The van der Waals surface area contributed by atoms with Crippen molar-refractivity contribution in [3.8, 4) is 0 Å². The molecule has 0 atom stereocenters. The molecule has 0 saturated carbocycles. The molecule has 0 bridgehead atoms. The quantitative estimate of drug-likeness (QED) is 0.596. The first kappa shape index (κ1) is 17.2. The number of hydrogen-bond donors (Lipinski definition) is 2. The average Bonchev–Trinajstić information content (AvgIpc) is 3.14. The van der Waals surface area contributed by atoms with Gasteiger partial charge in [-0.2, -0.15) is 10.2 Å². The van der Waals surface area contributed by atoms with Crippen molar-refractivity contribution in [2.75, 3.05) is 0 Å². The van der Waals surface area contributed by atoms with Crippen LogP contribution >= 0.6 is 0 Å². The van der Waals surface area contributed by atoms with Crippen LogP contribution in [0, 0.1) is 13.8 Å². The molecule has 2 aromatic rings. The van der Waals surface area contributed by atoms with Crippen LogP contribution in [0.5, 0.6) is 0 Å². The van der Waals surface area contributed by atoms with Crippen LogP contribution in [-0.2, 0) is 9.59 Å². The second kappa shape index (κ2) is 8.47. The van der Waals surface area contributed by atoms with E-state index in [1.54, 1.807) is 24.3 Å². The molecular formula is C16H18N4O4. The van der Waals surface area contributed by atoms with Crippen LogP contribution in [0.1, 0.15) is 35.9 Å². The maximum atomic E-state index is 11.6. The largest absolute Gasteiger partial charge is 0.460 e. The van der Waals surface area contributed by atoms with Crippen LogP contribution < -0.4 is 10.9 Å². The Morgan fingerprint density at radius 1 is 0.875 bits per heavy atom. The predicted molar refractivity (Wildman–Crippen MR) is 87.6 cm³/mol. The van der Waals surface area contributed by atoms with Gasteiger partial charge in [-0.1, -0.05) is 0 Å². The SMILES string of the molecule is Cc1ccc(C=NNC(=O)CCC(=O)NN=Cc2ccc(C)o2)o1. The molecule has 0 aliphatic carbocycles. The number of rotatable bonds is 7. The lowest BCUT2D eigenvalue weighted by Gasteiger charge is -1.99. The standard InChI is InChI=1S/C16H18N4O4/c1-11-3-5-13(23-11)9-17-19-15(21)7-8-16(22)20-18-10-14-6-4-12(2)24-14/h3-6,9-10H,7-8H2,1-2H3,(H,19,21)(H,20,22). The Labute approximate surface area is 138 Å². The Balaban J connectivity index is 1.64. The lowest BCUT2D eigenvalue weighted by molar-refractivity contribution is -0.126. The first-order chi connectivity index (χ1) is 11.5. The fourth-order valence-corrected chi connectivity index (χ4v) is 1.72. The summed E-state index contributed by atoms with van der Waals surface area (Å²) >= 11 is 0. The molecule has 24 heavy (non-hydrogen) atoms. The minimum Gasteiger partial charge on any atom is -0.460 e. The second-order valence-corrected chi connectivity index (χ2v) is 4.98. The number of carbonyl (C=O) groups excluding carboxylic acids is 2. The summed E-state index contributed by atoms with van der Waals surface area (Å²) in [7, 11) is 0. The number of nitrogens with zero attached hydrogens (tertiary/aromatic N) is 2. The Kier molecular flexibility index (Phi) is 6.07. The van der Waals surface area contributed by atoms with Crippen molar-refractivity contribution in [3.63, 3.8) is 0 Å². The third kappa shape index (κ3) is 5.91. The van der Waals surface area contributed by atoms with Gasteiger partial charge in [0.1, 0.15) is 23.0 Å². The van der Waals surface area contributed by atoms with Crippen LogP contribution in [0.3, 0.4) is 0 Å². The molecule has 126 valence electrons. The maximum Gasteiger partial charge on any atom is 0.240 e. The molecule has 8 heteroatoms. The van der Waals surface area contributed by atoms with Crippen LogP contribution in [0.15, 0.2) is 43.3 Å². The van der Waals surface area contributed by atoms with Gasteiger partial charge < -0.3 is 8.83 Å². The number of amides is 2. The second-order valence-electron chi connectivity index (χ2n) is 4.98. The van der Waals surface area contributed by atoms with E-state index in [1.807, 2.05) is 13.8 Å². The fraction of sp³-hybridized carbons (Fsp3) is 0.250. The van der Waals surface area contributed by atoms with Gasteiger partial charge in [0.25, 0.3) is 0 Å². The molecule has 2 N–H and O–H groups in total. The van der Waals surface area contributed by atoms with E-state index in [1.165, 1.54) is 12.4 Å². The first-order valence-electron chi connectivity index (χ1n) is 7.29. The minimum atomic E-state index is -0.379. The highest BCUT2D eigenvalue weighted by Gasteiger charge is 2.05. The summed E-state index contributed by atoms with van der Waals surface area (Å²) in [5.74, 6) is 1.82. The Bertz CT molecular complexity index is 693. The van der Waals surface area contributed by atoms with E-state index in [4.69, 9.17) is 8.83 Å². The lowest BCUT2D eigenvalue weighted by atomic mass is 10.3. The van der Waals surface area contributed by atoms with Gasteiger partial charge in [0.05, 0.1) is 12.4 Å². The smallest absolute Gasteiger partial charge is 0.240 e. The van der Waals surface area contributed by atoms with E-state index in [-0.39, 0.29) is 24.7 Å². The highest BCUT2D eigenvalue weighted by atomic mass is 16.3. The number of aryl methyl sites for hydroxylation is 2. The van der Waals surface area contributed by atoms with Crippen LogP contribution in [-0.4, -0.2) is 24.2 Å². The molecule has 2 rings (SSSR count). The van der Waals surface area contributed by atoms with Crippen LogP contribution in [0.2, 0.25) is 0 Å². The molecule has 2 heterocycles. The van der Waals surface area contributed by atoms with Gasteiger partial charge in [-0.3, -0.25) is 9.59 Å². The zero-order valence-corrected chi connectivity index (χ0v) is 13.4. The van der Waals surface area contributed by atoms with Crippen molar-refractivity contribution >= 4 is 24.2 Å². The zero-order valence-electron chi connectivity index (χ0n) is 13.4. The van der Waals surface area contributed by atoms with E-state index < -0.39 is 0 Å². The summed E-state index contributed by atoms with van der Waals surface area (Å²) in [5, 5.41) is 7.49. The van der Waals surface area contributed by atoms with Gasteiger partial charge in [0.2, 0.25) is 11.8 Å². The molecule has 0 aliphatic heterocycles. The van der Waals surface area contributed by atoms with Crippen LogP contribution in [0.25, 0.3) is 0 Å². The van der Waals surface area contributed by atoms with Gasteiger partial charge >= 0.3 is 0 Å². The third-order valence-corrected chi connectivity index (χ3v) is 2.86. The molecular weight excluding hydrogens is 312 g/mol. The number of furan rings is 2. The summed E-state index contributed by atoms with van der Waals surface area (Å²) in [4.78, 5) is 23.1. The summed E-state index contributed by atoms with van der Waals surface area (Å²) in [6, 6.07) is 7.05. The lowest BCUT2D eigenvalue weighted by Crippen LogP contribution is -2.22. The normalized spacial score (nSPS) is 11.2. The molecule has 0 aliphatic rings. The fourth-order valence-electron chi connectivity index (χ4n) is 1.72. The molecule has 2 amide bonds. The molecule has 8 nitrogen and oxygen atoms in total. The predicted octanol–water partition coefficient (Wildman–Crippen LogP) is 1.87. The van der Waals surface area contributed by atoms with Gasteiger partial charge in [0, 0.05) is 12.8 Å². The van der Waals surface area contributed by atoms with Crippen LogP contribution in [0.4, 0.5) is 0 Å². The van der Waals surface area contributed by atoms with Crippen molar-refractivity contribution in [1.82, 2.24) is 10.9 Å². The molecule has 0 aromatic carbocycles. The molecule has 0 unspecified atom stereocenters. The Morgan fingerprint density at radius 2 is 1.29 bits per heavy atom. The average molecular weight is 330 g/mol. The van der Waals surface area contributed by atoms with Crippen molar-refractivity contribution in [2.24, 2.45) is 10.2 Å². The first-order valence-corrected chi connectivity index (χ1v) is 7.29. The Morgan fingerprint density at radius 3 is 1.62 bits per heavy atom. The third-order valence-electron chi connectivity index (χ3n) is 2.86. The Hall–Kier alpha value is -3.16. The zero-order chi connectivity index (χ0) is 17.4. The van der Waals surface area contributed by atoms with E-state index in [0.29, 0.717) is 11.5 Å². The summed E-state index contributed by atoms with van der Waals surface area (Å²) < 4.78 is 10.5. The topological polar surface area (TPSA) is 109 Å². The van der Waals surface area contributed by atoms with E-state index >= 15 is 0 Å². The highest BCUT2D eigenvalue weighted by molar-refractivity contribution is 5.85. The molecule has 0 radical (unpaired) electrons. The van der Waals surface area contributed by atoms with E-state index in [9.17, 15) is 9.59 Å². The van der Waals surface area contributed by atoms with E-state index in [0.717, 1.165) is 11.5 Å². The highest BCUT2D eigenvalue weighted by Crippen LogP contribution is 2.03. The summed E-state index contributed by atoms with van der Waals surface area (Å²) in [6.07, 6.45) is 2.77. The number of hydrazone groups is 2. The summed E-state index contributed by atoms with van der Waals surface area (Å²) in [5.41, 5.74) is 4.64. The number of carbonyl (C=O) groups is 2. The van der Waals surface area contributed by atoms with Crippen molar-refractivity contribution < 1.29 is 18.4 Å². The van der Waals surface area contributed by atoms with Gasteiger partial charge in [-0.15, -0.1) is 0 Å². The van der Waals surface area contributed by atoms with Crippen molar-refractivity contribution in [2.45, 2.75) is 26.7 Å². The number of hydrogen-bond acceptors (Lipinski definition) is 6. The van der Waals surface area contributed by atoms with E-state index in [2.05, 4.69) is 21.1 Å². The maximum absolute atomic E-state index is 11.6. The minimum absolute atomic E-state index is 0.00423. The molecule has 0 fully saturated rings. The molecule has 0 spiro atoms. The van der Waals surface area contributed by atoms with Gasteiger partial charge in [-0.25, -0.2) is 10.9 Å². The van der Waals surface area contributed by atoms with Crippen molar-refractivity contribution in [1.29, 1.82) is 0 Å².